The van der Waals surface area contributed by atoms with Crippen molar-refractivity contribution >= 4 is 18.7 Å². The van der Waals surface area contributed by atoms with Gasteiger partial charge in [-0.1, -0.05) is 119 Å². The van der Waals surface area contributed by atoms with E-state index in [4.69, 9.17) is 4.43 Å². The Bertz CT molecular complexity index is 925. The predicted molar refractivity (Wildman–Crippen MR) is 147 cm³/mol. The Hall–Kier alpha value is -2.16. The summed E-state index contributed by atoms with van der Waals surface area (Å²) in [6.07, 6.45) is 10.1. The summed E-state index contributed by atoms with van der Waals surface area (Å²) in [5.41, 5.74) is 2.98. The number of hydrogen-bond donors (Lipinski definition) is 0. The molecule has 0 unspecified atom stereocenters. The molecule has 1 aliphatic carbocycles. The zero-order valence-electron chi connectivity index (χ0n) is 21.5. The normalized spacial score (nSPS) is 19.2. The Labute approximate surface area is 203 Å². The Morgan fingerprint density at radius 3 is 2.03 bits per heavy atom. The summed E-state index contributed by atoms with van der Waals surface area (Å²) in [7, 11) is -2.58. The fraction of sp³-hybridized carbons (Fsp3) is 0.419. The van der Waals surface area contributed by atoms with Crippen LogP contribution in [0.1, 0.15) is 60.8 Å². The van der Waals surface area contributed by atoms with Gasteiger partial charge in [0.2, 0.25) is 0 Å². The maximum Gasteiger partial charge on any atom is 0.261 e. The van der Waals surface area contributed by atoms with E-state index in [2.05, 4.69) is 127 Å². The average Bonchev–Trinajstić information content (AvgIpc) is 3.18. The molecular weight excluding hydrogens is 416 g/mol. The van der Waals surface area contributed by atoms with Crippen molar-refractivity contribution in [2.24, 2.45) is 11.8 Å². The van der Waals surface area contributed by atoms with Gasteiger partial charge in [0.25, 0.3) is 8.32 Å². The standard InChI is InChI=1S/C31H42OSi/c1-8-16-26(23-25(4)30-22-21-24(3)29(30)9-2)32-33(31(5,6)7,27-17-12-10-13-18-27)28-19-14-11-15-20-28/h8-20,25-26,30H,2,21-23H2,1,3-7H3/b16-8+/t25-,26-,30+/m0/s1. The molecule has 2 aromatic rings. The molecule has 3 rings (SSSR count). The van der Waals surface area contributed by atoms with Crippen LogP contribution in [0.4, 0.5) is 0 Å². The summed E-state index contributed by atoms with van der Waals surface area (Å²) in [5, 5.41) is 2.66. The summed E-state index contributed by atoms with van der Waals surface area (Å²) >= 11 is 0. The first-order valence-corrected chi connectivity index (χ1v) is 14.4. The van der Waals surface area contributed by atoms with Gasteiger partial charge < -0.3 is 4.43 Å². The van der Waals surface area contributed by atoms with Gasteiger partial charge in [-0.25, -0.2) is 0 Å². The van der Waals surface area contributed by atoms with E-state index in [0.717, 1.165) is 6.42 Å². The first-order chi connectivity index (χ1) is 15.7. The topological polar surface area (TPSA) is 9.23 Å². The van der Waals surface area contributed by atoms with Crippen LogP contribution in [-0.2, 0) is 4.43 Å². The highest BCUT2D eigenvalue weighted by Gasteiger charge is 2.51. The van der Waals surface area contributed by atoms with E-state index in [1.807, 2.05) is 0 Å². The molecule has 176 valence electrons. The van der Waals surface area contributed by atoms with Crippen LogP contribution in [0.2, 0.25) is 5.04 Å². The zero-order valence-corrected chi connectivity index (χ0v) is 22.5. The minimum atomic E-state index is -2.58. The number of hydrogen-bond acceptors (Lipinski definition) is 1. The minimum absolute atomic E-state index is 0.0189. The molecule has 0 amide bonds. The van der Waals surface area contributed by atoms with Crippen molar-refractivity contribution in [3.8, 4) is 0 Å². The highest BCUT2D eigenvalue weighted by atomic mass is 28.4. The lowest BCUT2D eigenvalue weighted by Gasteiger charge is -2.45. The largest absolute Gasteiger partial charge is 0.401 e. The molecule has 0 saturated carbocycles. The quantitative estimate of drug-likeness (QED) is 0.280. The van der Waals surface area contributed by atoms with Crippen LogP contribution >= 0.6 is 0 Å². The SMILES string of the molecule is C=CC1=C(C)CC[C@@H]1[C@@H](C)C[C@H](/C=C/C)O[Si](c1ccccc1)(c1ccccc1)C(C)(C)C. The summed E-state index contributed by atoms with van der Waals surface area (Å²) in [4.78, 5) is 0. The lowest BCUT2D eigenvalue weighted by atomic mass is 9.84. The molecule has 0 aromatic heterocycles. The van der Waals surface area contributed by atoms with Crippen LogP contribution in [0.5, 0.6) is 0 Å². The van der Waals surface area contributed by atoms with Crippen LogP contribution in [0, 0.1) is 11.8 Å². The zero-order chi connectivity index (χ0) is 24.1. The molecule has 0 bridgehead atoms. The highest BCUT2D eigenvalue weighted by Crippen LogP contribution is 2.41. The van der Waals surface area contributed by atoms with Gasteiger partial charge in [-0.15, -0.1) is 0 Å². The van der Waals surface area contributed by atoms with E-state index in [1.165, 1.54) is 34.4 Å². The first-order valence-electron chi connectivity index (χ1n) is 12.5. The highest BCUT2D eigenvalue weighted by molar-refractivity contribution is 6.99. The van der Waals surface area contributed by atoms with E-state index in [0.29, 0.717) is 11.8 Å². The van der Waals surface area contributed by atoms with Crippen molar-refractivity contribution in [3.63, 3.8) is 0 Å². The molecule has 33 heavy (non-hydrogen) atoms. The van der Waals surface area contributed by atoms with E-state index in [-0.39, 0.29) is 11.1 Å². The van der Waals surface area contributed by atoms with Gasteiger partial charge in [-0.2, -0.15) is 0 Å². The second-order valence-electron chi connectivity index (χ2n) is 10.6. The average molecular weight is 459 g/mol. The molecule has 1 nitrogen and oxygen atoms in total. The van der Waals surface area contributed by atoms with Crippen molar-refractivity contribution in [3.05, 3.63) is 96.6 Å². The Morgan fingerprint density at radius 2 is 1.58 bits per heavy atom. The van der Waals surface area contributed by atoms with Crippen molar-refractivity contribution in [2.45, 2.75) is 71.9 Å². The maximum absolute atomic E-state index is 7.45. The van der Waals surface area contributed by atoms with E-state index < -0.39 is 8.32 Å². The number of rotatable bonds is 9. The van der Waals surface area contributed by atoms with Crippen LogP contribution in [0.15, 0.2) is 96.6 Å². The van der Waals surface area contributed by atoms with Crippen molar-refractivity contribution < 1.29 is 4.43 Å². The summed E-state index contributed by atoms with van der Waals surface area (Å²) in [6.45, 7) is 18.0. The lowest BCUT2D eigenvalue weighted by molar-refractivity contribution is 0.186. The molecule has 0 saturated heterocycles. The van der Waals surface area contributed by atoms with Gasteiger partial charge in [0.05, 0.1) is 6.10 Å². The molecule has 2 heteroatoms. The number of benzene rings is 2. The van der Waals surface area contributed by atoms with Crippen LogP contribution in [0.25, 0.3) is 0 Å². The first kappa shape index (κ1) is 25.5. The monoisotopic (exact) mass is 458 g/mol. The van der Waals surface area contributed by atoms with Crippen molar-refractivity contribution in [2.75, 3.05) is 0 Å². The van der Waals surface area contributed by atoms with Crippen LogP contribution < -0.4 is 10.4 Å². The molecule has 0 aliphatic heterocycles. The molecule has 0 fully saturated rings. The molecular formula is C31H42OSi. The fourth-order valence-electron chi connectivity index (χ4n) is 5.73. The summed E-state index contributed by atoms with van der Waals surface area (Å²) < 4.78 is 7.45. The second kappa shape index (κ2) is 10.8. The lowest BCUT2D eigenvalue weighted by Crippen LogP contribution is -2.67. The Balaban J connectivity index is 2.04. The molecule has 1 aliphatic rings. The van der Waals surface area contributed by atoms with Gasteiger partial charge in [0.15, 0.2) is 0 Å². The van der Waals surface area contributed by atoms with Gasteiger partial charge in [0, 0.05) is 0 Å². The van der Waals surface area contributed by atoms with Crippen molar-refractivity contribution in [1.29, 1.82) is 0 Å². The number of allylic oxidation sites excluding steroid dienone is 4. The van der Waals surface area contributed by atoms with Crippen LogP contribution in [0.3, 0.4) is 0 Å². The Morgan fingerprint density at radius 1 is 1.03 bits per heavy atom. The molecule has 0 radical (unpaired) electrons. The van der Waals surface area contributed by atoms with Crippen LogP contribution in [-0.4, -0.2) is 14.4 Å². The van der Waals surface area contributed by atoms with E-state index in [1.54, 1.807) is 0 Å². The predicted octanol–water partition coefficient (Wildman–Crippen LogP) is 7.45. The second-order valence-corrected chi connectivity index (χ2v) is 14.9. The smallest absolute Gasteiger partial charge is 0.261 e. The molecule has 0 spiro atoms. The third-order valence-electron chi connectivity index (χ3n) is 7.39. The van der Waals surface area contributed by atoms with Gasteiger partial charge >= 0.3 is 0 Å². The van der Waals surface area contributed by atoms with E-state index >= 15 is 0 Å². The molecule has 0 heterocycles. The third kappa shape index (κ3) is 5.33. The summed E-state index contributed by atoms with van der Waals surface area (Å²) in [6, 6.07) is 21.9. The Kier molecular flexibility index (Phi) is 8.36. The third-order valence-corrected chi connectivity index (χ3v) is 12.4. The molecule has 0 N–H and O–H groups in total. The van der Waals surface area contributed by atoms with Crippen molar-refractivity contribution in [1.82, 2.24) is 0 Å². The van der Waals surface area contributed by atoms with Gasteiger partial charge in [-0.3, -0.25) is 0 Å². The maximum atomic E-state index is 7.45. The van der Waals surface area contributed by atoms with E-state index in [9.17, 15) is 0 Å². The van der Waals surface area contributed by atoms with Gasteiger partial charge in [-0.05, 0) is 65.9 Å². The van der Waals surface area contributed by atoms with Gasteiger partial charge in [0.1, 0.15) is 0 Å². The fourth-order valence-corrected chi connectivity index (χ4v) is 10.4. The minimum Gasteiger partial charge on any atom is -0.401 e. The summed E-state index contributed by atoms with van der Waals surface area (Å²) in [5.74, 6) is 1.12. The molecule has 3 atom stereocenters. The molecule has 2 aromatic carbocycles.